The quantitative estimate of drug-likeness (QED) is 0.471. The molecule has 0 aromatic carbocycles. The van der Waals surface area contributed by atoms with Gasteiger partial charge in [0, 0.05) is 18.3 Å². The van der Waals surface area contributed by atoms with Crippen molar-refractivity contribution in [3.8, 4) is 0 Å². The van der Waals surface area contributed by atoms with E-state index in [1.165, 1.54) is 0 Å². The predicted octanol–water partition coefficient (Wildman–Crippen LogP) is 4.98. The van der Waals surface area contributed by atoms with Gasteiger partial charge in [0.1, 0.15) is 5.60 Å². The lowest BCUT2D eigenvalue weighted by Crippen LogP contribution is -2.68. The molecule has 2 aliphatic heterocycles. The van der Waals surface area contributed by atoms with Crippen molar-refractivity contribution in [1.29, 1.82) is 0 Å². The molecule has 7 heteroatoms. The molecule has 3 aliphatic carbocycles. The molecule has 37 heavy (non-hydrogen) atoms. The molecular weight excluding hydrogens is 472 g/mol. The van der Waals surface area contributed by atoms with Gasteiger partial charge in [0.05, 0.1) is 24.0 Å². The van der Waals surface area contributed by atoms with E-state index in [4.69, 9.17) is 9.47 Å². The van der Waals surface area contributed by atoms with Gasteiger partial charge in [0.25, 0.3) is 0 Å². The molecule has 5 fully saturated rings. The van der Waals surface area contributed by atoms with Crippen LogP contribution in [0, 0.1) is 50.7 Å². The number of carbonyl (C=O) groups excluding carboxylic acids is 2. The van der Waals surface area contributed by atoms with E-state index in [0.717, 1.165) is 12.8 Å². The second-order valence-corrected chi connectivity index (χ2v) is 15.2. The van der Waals surface area contributed by atoms with Gasteiger partial charge < -0.3 is 19.7 Å². The van der Waals surface area contributed by atoms with E-state index in [2.05, 4.69) is 34.6 Å². The van der Waals surface area contributed by atoms with Crippen LogP contribution in [0.4, 0.5) is 0 Å². The van der Waals surface area contributed by atoms with Gasteiger partial charge in [-0.1, -0.05) is 34.6 Å². The minimum atomic E-state index is -1.33. The molecule has 0 unspecified atom stereocenters. The summed E-state index contributed by atoms with van der Waals surface area (Å²) in [6, 6.07) is 0. The number of aliphatic hydroxyl groups excluding tert-OH is 1. The Kier molecular flexibility index (Phi) is 5.79. The maximum Gasteiger partial charge on any atom is 0.312 e. The Morgan fingerprint density at radius 2 is 1.57 bits per heavy atom. The van der Waals surface area contributed by atoms with Crippen LogP contribution in [-0.4, -0.2) is 46.4 Å². The van der Waals surface area contributed by atoms with Crippen molar-refractivity contribution >= 4 is 17.9 Å². The van der Waals surface area contributed by atoms with Gasteiger partial charge >= 0.3 is 17.9 Å². The first-order valence-electron chi connectivity index (χ1n) is 14.2. The summed E-state index contributed by atoms with van der Waals surface area (Å²) in [4.78, 5) is 39.5. The van der Waals surface area contributed by atoms with Crippen LogP contribution < -0.4 is 0 Å². The molecule has 2 N–H and O–H groups in total. The Morgan fingerprint density at radius 3 is 2.22 bits per heavy atom. The monoisotopic (exact) mass is 518 g/mol. The summed E-state index contributed by atoms with van der Waals surface area (Å²) < 4.78 is 12.1. The molecule has 5 aliphatic rings. The molecule has 0 radical (unpaired) electrons. The van der Waals surface area contributed by atoms with E-state index in [9.17, 15) is 24.6 Å². The Morgan fingerprint density at radius 1 is 0.892 bits per heavy atom. The highest BCUT2D eigenvalue weighted by Gasteiger charge is 2.74. The van der Waals surface area contributed by atoms with Crippen molar-refractivity contribution in [1.82, 2.24) is 0 Å². The zero-order valence-corrected chi connectivity index (χ0v) is 23.7. The largest absolute Gasteiger partial charge is 0.481 e. The van der Waals surface area contributed by atoms with Gasteiger partial charge in [-0.25, -0.2) is 0 Å². The summed E-state index contributed by atoms with van der Waals surface area (Å²) in [6.45, 7) is 15.2. The van der Waals surface area contributed by atoms with Gasteiger partial charge in [0.2, 0.25) is 0 Å². The van der Waals surface area contributed by atoms with Crippen LogP contribution in [0.25, 0.3) is 0 Å². The number of rotatable bonds is 1. The Bertz CT molecular complexity index is 1020. The van der Waals surface area contributed by atoms with Gasteiger partial charge in [0.15, 0.2) is 0 Å². The Hall–Kier alpha value is -1.63. The zero-order valence-electron chi connectivity index (χ0n) is 23.7. The molecule has 2 saturated heterocycles. The number of ether oxygens (including phenoxy) is 2. The fourth-order valence-corrected chi connectivity index (χ4v) is 10.5. The summed E-state index contributed by atoms with van der Waals surface area (Å²) in [5.74, 6) is -2.49. The van der Waals surface area contributed by atoms with Crippen LogP contribution >= 0.6 is 0 Å². The van der Waals surface area contributed by atoms with Crippen molar-refractivity contribution in [2.75, 3.05) is 6.61 Å². The molecule has 0 aromatic rings. The number of carboxylic acid groups (broad SMARTS) is 1. The molecule has 0 spiro atoms. The van der Waals surface area contributed by atoms with E-state index >= 15 is 0 Å². The molecule has 0 aromatic heterocycles. The van der Waals surface area contributed by atoms with E-state index in [1.54, 1.807) is 0 Å². The predicted molar refractivity (Wildman–Crippen MR) is 136 cm³/mol. The van der Waals surface area contributed by atoms with Crippen molar-refractivity contribution in [2.45, 2.75) is 112 Å². The number of carboxylic acids is 1. The second-order valence-electron chi connectivity index (χ2n) is 15.2. The molecule has 5 rings (SSSR count). The SMILES string of the molecule is CC1(C)CC[C@]2(C(=O)O)[C@H](O)C[C@]3(C)[C@H](C(=O)OC[C@@H]4[C@@]5(C)CCC(=O)OC(C)(C)[C@@H]5CC[C@]43C)[C@@H]2C1. The highest BCUT2D eigenvalue weighted by atomic mass is 16.6. The summed E-state index contributed by atoms with van der Waals surface area (Å²) >= 11 is 0. The number of fused-ring (bicyclic) bond motifs is 7. The van der Waals surface area contributed by atoms with E-state index in [1.807, 2.05) is 13.8 Å². The van der Waals surface area contributed by atoms with Crippen LogP contribution in [0.15, 0.2) is 0 Å². The van der Waals surface area contributed by atoms with Gasteiger partial charge in [-0.2, -0.15) is 0 Å². The number of aliphatic hydroxyl groups is 1. The van der Waals surface area contributed by atoms with Gasteiger partial charge in [-0.15, -0.1) is 0 Å². The highest BCUT2D eigenvalue weighted by Crippen LogP contribution is 2.73. The molecule has 0 bridgehead atoms. The fourth-order valence-electron chi connectivity index (χ4n) is 10.5. The fraction of sp³-hybridized carbons (Fsp3) is 0.900. The summed E-state index contributed by atoms with van der Waals surface area (Å²) in [5.41, 5.74) is -3.42. The lowest BCUT2D eigenvalue weighted by atomic mass is 9.36. The van der Waals surface area contributed by atoms with Crippen LogP contribution in [0.2, 0.25) is 0 Å². The molecular formula is C30H46O7. The van der Waals surface area contributed by atoms with E-state index in [-0.39, 0.29) is 53.0 Å². The average molecular weight is 519 g/mol. The average Bonchev–Trinajstić information content (AvgIpc) is 2.90. The lowest BCUT2D eigenvalue weighted by Gasteiger charge is -2.67. The normalized spacial score (nSPS) is 50.5. The second kappa shape index (κ2) is 7.95. The topological polar surface area (TPSA) is 110 Å². The van der Waals surface area contributed by atoms with Crippen LogP contribution in [-0.2, 0) is 23.9 Å². The Balaban J connectivity index is 1.66. The van der Waals surface area contributed by atoms with E-state index < -0.39 is 40.3 Å². The molecule has 2 heterocycles. The molecule has 3 saturated carbocycles. The number of hydrogen-bond acceptors (Lipinski definition) is 6. The van der Waals surface area contributed by atoms with Crippen LogP contribution in [0.1, 0.15) is 99.8 Å². The number of esters is 2. The third-order valence-corrected chi connectivity index (χ3v) is 12.7. The molecule has 9 atom stereocenters. The van der Waals surface area contributed by atoms with Crippen LogP contribution in [0.5, 0.6) is 0 Å². The number of carbonyl (C=O) groups is 3. The van der Waals surface area contributed by atoms with Gasteiger partial charge in [-0.3, -0.25) is 14.4 Å². The standard InChI is InChI=1S/C30H46O7/c1-25(2)12-13-30(24(34)35)17(14-25)22-23(33)36-16-19-27(5)10-9-21(32)37-26(3,4)18(27)8-11-28(19,6)29(22,7)15-20(30)31/h17-20,22,31H,8-16H2,1-7H3,(H,34,35)/t17-,18-,19+,20+,22-,27-,28+,29+,30+/m0/s1. The van der Waals surface area contributed by atoms with Gasteiger partial charge in [-0.05, 0) is 86.4 Å². The highest BCUT2D eigenvalue weighted by molar-refractivity contribution is 5.81. The molecule has 0 amide bonds. The maximum absolute atomic E-state index is 14.0. The van der Waals surface area contributed by atoms with Crippen molar-refractivity contribution in [3.05, 3.63) is 0 Å². The number of aliphatic carboxylic acids is 1. The number of hydrogen-bond donors (Lipinski definition) is 2. The summed E-state index contributed by atoms with van der Waals surface area (Å²) in [6.07, 6.45) is 3.53. The summed E-state index contributed by atoms with van der Waals surface area (Å²) in [5, 5.41) is 22.3. The molecule has 7 nitrogen and oxygen atoms in total. The summed E-state index contributed by atoms with van der Waals surface area (Å²) in [7, 11) is 0. The van der Waals surface area contributed by atoms with Crippen molar-refractivity contribution < 1.29 is 34.1 Å². The number of cyclic esters (lactones) is 2. The first-order valence-corrected chi connectivity index (χ1v) is 14.2. The van der Waals surface area contributed by atoms with Crippen molar-refractivity contribution in [2.24, 2.45) is 50.7 Å². The zero-order chi connectivity index (χ0) is 27.4. The smallest absolute Gasteiger partial charge is 0.312 e. The van der Waals surface area contributed by atoms with E-state index in [0.29, 0.717) is 32.1 Å². The first kappa shape index (κ1) is 27.0. The molecule has 208 valence electrons. The lowest BCUT2D eigenvalue weighted by molar-refractivity contribution is -0.235. The van der Waals surface area contributed by atoms with Crippen LogP contribution in [0.3, 0.4) is 0 Å². The maximum atomic E-state index is 14.0. The third-order valence-electron chi connectivity index (χ3n) is 12.7. The first-order chi connectivity index (χ1) is 16.9. The van der Waals surface area contributed by atoms with Crippen molar-refractivity contribution in [3.63, 3.8) is 0 Å². The Labute approximate surface area is 221 Å². The third kappa shape index (κ3) is 3.44. The minimum Gasteiger partial charge on any atom is -0.481 e. The minimum absolute atomic E-state index is 0.0346.